The number of nitrogens with one attached hydrogen (secondary N) is 1. The van der Waals surface area contributed by atoms with Gasteiger partial charge in [0.25, 0.3) is 11.8 Å². The van der Waals surface area contributed by atoms with Crippen molar-refractivity contribution < 1.29 is 28.7 Å². The average Bonchev–Trinajstić information content (AvgIpc) is 3.14. The van der Waals surface area contributed by atoms with Crippen molar-refractivity contribution in [3.63, 3.8) is 0 Å². The van der Waals surface area contributed by atoms with E-state index in [-0.39, 0.29) is 11.4 Å². The number of fused-ring (bicyclic) bond motifs is 2. The topological polar surface area (TPSA) is 108 Å². The van der Waals surface area contributed by atoms with E-state index in [2.05, 4.69) is 10.5 Å². The van der Waals surface area contributed by atoms with Crippen LogP contribution in [-0.4, -0.2) is 57.8 Å². The molecule has 11 heteroatoms. The molecule has 156 valence electrons. The summed E-state index contributed by atoms with van der Waals surface area (Å²) in [7, 11) is 1.28. The standard InChI is InChI=1S/C19H16FN3O5S2/c1-8-6-30-18-13(17(25)23(18)14(8)19(26)27)21-16(24)12(22-28-2)10-7-29-15-9(10)4-3-5-11(15)20/h3-5,7,13,18H,6H2,1-2H3,(H,21,24)(H,26,27)/t13?,18-/m0/s1. The maximum atomic E-state index is 14.0. The molecular weight excluding hydrogens is 433 g/mol. The quantitative estimate of drug-likeness (QED) is 0.411. The fraction of sp³-hybridized carbons (Fsp3) is 0.263. The van der Waals surface area contributed by atoms with Crippen LogP contribution in [0.1, 0.15) is 12.5 Å². The first-order valence-electron chi connectivity index (χ1n) is 8.81. The molecule has 0 saturated carbocycles. The van der Waals surface area contributed by atoms with Crippen molar-refractivity contribution in [3.05, 3.63) is 46.2 Å². The fourth-order valence-electron chi connectivity index (χ4n) is 3.49. The van der Waals surface area contributed by atoms with Gasteiger partial charge in [0.15, 0.2) is 5.71 Å². The molecular formula is C19H16FN3O5S2. The smallest absolute Gasteiger partial charge is 0.352 e. The highest BCUT2D eigenvalue weighted by Crippen LogP contribution is 2.40. The lowest BCUT2D eigenvalue weighted by atomic mass is 10.0. The van der Waals surface area contributed by atoms with E-state index in [0.717, 1.165) is 11.3 Å². The molecule has 2 N–H and O–H groups in total. The van der Waals surface area contributed by atoms with Gasteiger partial charge < -0.3 is 15.3 Å². The van der Waals surface area contributed by atoms with Gasteiger partial charge in [0.1, 0.15) is 30.0 Å². The van der Waals surface area contributed by atoms with Crippen LogP contribution in [0.5, 0.6) is 0 Å². The van der Waals surface area contributed by atoms with E-state index in [1.54, 1.807) is 18.4 Å². The first-order chi connectivity index (χ1) is 14.3. The van der Waals surface area contributed by atoms with Crippen molar-refractivity contribution in [1.29, 1.82) is 0 Å². The lowest BCUT2D eigenvalue weighted by Gasteiger charge is -2.49. The van der Waals surface area contributed by atoms with Gasteiger partial charge in [0.05, 0.1) is 4.70 Å². The van der Waals surface area contributed by atoms with Crippen molar-refractivity contribution >= 4 is 56.7 Å². The number of halogens is 1. The van der Waals surface area contributed by atoms with E-state index in [4.69, 9.17) is 4.84 Å². The number of carboxylic acids is 1. The van der Waals surface area contributed by atoms with E-state index in [0.29, 0.717) is 27.0 Å². The van der Waals surface area contributed by atoms with Gasteiger partial charge in [0, 0.05) is 22.1 Å². The zero-order chi connectivity index (χ0) is 21.6. The maximum absolute atomic E-state index is 14.0. The number of aliphatic carboxylic acids is 1. The SMILES string of the molecule is CON=C(C(=O)NC1C(=O)N2C(C(=O)O)=C(C)CS[C@@H]12)c1csc2c(F)cccc12. The number of oxime groups is 1. The highest BCUT2D eigenvalue weighted by atomic mass is 32.2. The van der Waals surface area contributed by atoms with Crippen LogP contribution in [0, 0.1) is 5.82 Å². The Morgan fingerprint density at radius 2 is 2.17 bits per heavy atom. The van der Waals surface area contributed by atoms with Crippen LogP contribution in [0.2, 0.25) is 0 Å². The summed E-state index contributed by atoms with van der Waals surface area (Å²) in [6.45, 7) is 1.66. The van der Waals surface area contributed by atoms with Crippen LogP contribution in [0.4, 0.5) is 4.39 Å². The summed E-state index contributed by atoms with van der Waals surface area (Å²) in [5.74, 6) is -2.31. The minimum absolute atomic E-state index is 0.0423. The third-order valence-corrected chi connectivity index (χ3v) is 7.28. The Hall–Kier alpha value is -2.92. The summed E-state index contributed by atoms with van der Waals surface area (Å²) >= 11 is 2.50. The van der Waals surface area contributed by atoms with Gasteiger partial charge in [-0.15, -0.1) is 23.1 Å². The van der Waals surface area contributed by atoms with Gasteiger partial charge in [-0.3, -0.25) is 14.5 Å². The molecule has 1 unspecified atom stereocenters. The number of rotatable bonds is 5. The Balaban J connectivity index is 1.60. The lowest BCUT2D eigenvalue weighted by Crippen LogP contribution is -2.71. The summed E-state index contributed by atoms with van der Waals surface area (Å²) in [4.78, 5) is 43.1. The first-order valence-corrected chi connectivity index (χ1v) is 10.7. The highest BCUT2D eigenvalue weighted by Gasteiger charge is 2.54. The summed E-state index contributed by atoms with van der Waals surface area (Å²) < 4.78 is 14.4. The first kappa shape index (κ1) is 20.4. The number of carboxylic acid groups (broad SMARTS) is 1. The number of carbonyl (C=O) groups excluding carboxylic acids is 2. The third-order valence-electron chi connectivity index (χ3n) is 4.85. The number of β-lactam (4-membered cyclic amide) rings is 1. The second-order valence-corrected chi connectivity index (χ2v) is 8.67. The second kappa shape index (κ2) is 7.73. The van der Waals surface area contributed by atoms with E-state index < -0.39 is 35.0 Å². The number of hydrogen-bond donors (Lipinski definition) is 2. The molecule has 1 aromatic heterocycles. The van der Waals surface area contributed by atoms with Gasteiger partial charge >= 0.3 is 5.97 Å². The largest absolute Gasteiger partial charge is 0.477 e. The van der Waals surface area contributed by atoms with Crippen LogP contribution in [0.25, 0.3) is 10.1 Å². The minimum atomic E-state index is -1.18. The number of thioether (sulfide) groups is 1. The van der Waals surface area contributed by atoms with Crippen molar-refractivity contribution in [1.82, 2.24) is 10.2 Å². The van der Waals surface area contributed by atoms with Crippen LogP contribution in [-0.2, 0) is 19.2 Å². The fourth-order valence-corrected chi connectivity index (χ4v) is 5.75. The molecule has 0 bridgehead atoms. The maximum Gasteiger partial charge on any atom is 0.352 e. The molecule has 0 spiro atoms. The van der Waals surface area contributed by atoms with E-state index in [1.165, 1.54) is 35.9 Å². The van der Waals surface area contributed by atoms with Crippen molar-refractivity contribution in [3.8, 4) is 0 Å². The molecule has 2 atom stereocenters. The molecule has 0 aliphatic carbocycles. The molecule has 2 aliphatic rings. The van der Waals surface area contributed by atoms with Crippen LogP contribution >= 0.6 is 23.1 Å². The summed E-state index contributed by atoms with van der Waals surface area (Å²) in [5, 5.41) is 17.4. The molecule has 1 fully saturated rings. The molecule has 2 aromatic rings. The lowest BCUT2D eigenvalue weighted by molar-refractivity contribution is -0.150. The Morgan fingerprint density at radius 3 is 2.87 bits per heavy atom. The number of hydrogen-bond acceptors (Lipinski definition) is 7. The molecule has 8 nitrogen and oxygen atoms in total. The summed E-state index contributed by atoms with van der Waals surface area (Å²) in [5.41, 5.74) is 0.844. The summed E-state index contributed by atoms with van der Waals surface area (Å²) in [6.07, 6.45) is 0. The number of thiophene rings is 1. The molecule has 4 rings (SSSR count). The van der Waals surface area contributed by atoms with Gasteiger partial charge in [-0.25, -0.2) is 9.18 Å². The Bertz CT molecular complexity index is 1140. The van der Waals surface area contributed by atoms with Crippen molar-refractivity contribution in [2.75, 3.05) is 12.9 Å². The van der Waals surface area contributed by atoms with E-state index >= 15 is 0 Å². The van der Waals surface area contributed by atoms with Crippen molar-refractivity contribution in [2.24, 2.45) is 5.16 Å². The molecule has 0 radical (unpaired) electrons. The Morgan fingerprint density at radius 1 is 1.40 bits per heavy atom. The van der Waals surface area contributed by atoms with Crippen molar-refractivity contribution in [2.45, 2.75) is 18.3 Å². The predicted octanol–water partition coefficient (Wildman–Crippen LogP) is 2.15. The van der Waals surface area contributed by atoms with E-state index in [1.807, 2.05) is 0 Å². The second-order valence-electron chi connectivity index (χ2n) is 6.68. The van der Waals surface area contributed by atoms with Crippen LogP contribution in [0.15, 0.2) is 40.0 Å². The van der Waals surface area contributed by atoms with Crippen LogP contribution < -0.4 is 5.32 Å². The molecule has 1 saturated heterocycles. The van der Waals surface area contributed by atoms with Crippen LogP contribution in [0.3, 0.4) is 0 Å². The predicted molar refractivity (Wildman–Crippen MR) is 111 cm³/mol. The number of benzene rings is 1. The number of nitrogens with zero attached hydrogens (tertiary/aromatic N) is 2. The van der Waals surface area contributed by atoms with E-state index in [9.17, 15) is 23.9 Å². The van der Waals surface area contributed by atoms with Gasteiger partial charge in [-0.1, -0.05) is 17.3 Å². The minimum Gasteiger partial charge on any atom is -0.477 e. The van der Waals surface area contributed by atoms with Gasteiger partial charge in [-0.05, 0) is 18.6 Å². The average molecular weight is 449 g/mol. The molecule has 1 aromatic carbocycles. The van der Waals surface area contributed by atoms with Gasteiger partial charge in [-0.2, -0.15) is 0 Å². The Labute approximate surface area is 178 Å². The third kappa shape index (κ3) is 3.14. The number of carbonyl (C=O) groups is 3. The zero-order valence-corrected chi connectivity index (χ0v) is 17.5. The normalized spacial score (nSPS) is 21.4. The Kier molecular flexibility index (Phi) is 5.24. The number of amides is 2. The highest BCUT2D eigenvalue weighted by molar-refractivity contribution is 8.00. The van der Waals surface area contributed by atoms with Gasteiger partial charge in [0.2, 0.25) is 0 Å². The molecule has 2 aliphatic heterocycles. The molecule has 30 heavy (non-hydrogen) atoms. The molecule has 3 heterocycles. The summed E-state index contributed by atoms with van der Waals surface area (Å²) in [6, 6.07) is 3.63. The molecule has 2 amide bonds. The monoisotopic (exact) mass is 449 g/mol. The zero-order valence-electron chi connectivity index (χ0n) is 15.8.